The number of amides is 2. The fourth-order valence-electron chi connectivity index (χ4n) is 3.36. The van der Waals surface area contributed by atoms with Crippen LogP contribution >= 0.6 is 11.6 Å². The smallest absolute Gasteiger partial charge is 0.228 e. The molecule has 130 valence electrons. The molecule has 0 saturated carbocycles. The quantitative estimate of drug-likeness (QED) is 0.873. The van der Waals surface area contributed by atoms with Crippen molar-refractivity contribution in [2.75, 3.05) is 31.5 Å². The summed E-state index contributed by atoms with van der Waals surface area (Å²) in [5.41, 5.74) is 0. The fourth-order valence-corrected chi connectivity index (χ4v) is 3.47. The van der Waals surface area contributed by atoms with E-state index in [2.05, 4.69) is 15.6 Å². The lowest BCUT2D eigenvalue weighted by molar-refractivity contribution is -0.138. The Labute approximate surface area is 147 Å². The number of rotatable bonds is 3. The van der Waals surface area contributed by atoms with Gasteiger partial charge < -0.3 is 15.5 Å². The Morgan fingerprint density at radius 3 is 2.62 bits per heavy atom. The number of hydrogen-bond donors (Lipinski definition) is 2. The van der Waals surface area contributed by atoms with Crippen molar-refractivity contribution >= 4 is 29.2 Å². The van der Waals surface area contributed by atoms with E-state index in [4.69, 9.17) is 11.6 Å². The summed E-state index contributed by atoms with van der Waals surface area (Å²) in [5, 5.41) is 6.65. The predicted octanol–water partition coefficient (Wildman–Crippen LogP) is 1.91. The third-order valence-corrected chi connectivity index (χ3v) is 5.03. The molecule has 2 aliphatic heterocycles. The second-order valence-corrected chi connectivity index (χ2v) is 6.93. The van der Waals surface area contributed by atoms with Crippen molar-refractivity contribution in [2.45, 2.75) is 25.7 Å². The van der Waals surface area contributed by atoms with Crippen LogP contribution in [0.25, 0.3) is 0 Å². The van der Waals surface area contributed by atoms with Crippen LogP contribution in [0, 0.1) is 11.8 Å². The Kier molecular flexibility index (Phi) is 5.68. The second kappa shape index (κ2) is 7.94. The van der Waals surface area contributed by atoms with Gasteiger partial charge in [0.05, 0.1) is 10.9 Å². The zero-order valence-electron chi connectivity index (χ0n) is 13.6. The Morgan fingerprint density at radius 1 is 1.21 bits per heavy atom. The number of halogens is 1. The van der Waals surface area contributed by atoms with E-state index in [1.165, 1.54) is 6.20 Å². The van der Waals surface area contributed by atoms with E-state index < -0.39 is 0 Å². The van der Waals surface area contributed by atoms with Crippen LogP contribution in [-0.2, 0) is 9.59 Å². The maximum absolute atomic E-state index is 12.5. The van der Waals surface area contributed by atoms with Gasteiger partial charge in [-0.1, -0.05) is 11.6 Å². The standard InChI is InChI=1S/C17H23ClN4O2/c18-14-3-4-15(20-11-14)21-16(23)12-5-8-22(9-6-12)17(24)13-2-1-7-19-10-13/h3-4,11-13,19H,1-2,5-10H2,(H,20,21,23). The number of aromatic nitrogens is 1. The number of piperidine rings is 2. The van der Waals surface area contributed by atoms with Gasteiger partial charge in [-0.25, -0.2) is 4.98 Å². The van der Waals surface area contributed by atoms with Crippen molar-refractivity contribution in [1.29, 1.82) is 0 Å². The molecule has 2 saturated heterocycles. The predicted molar refractivity (Wildman–Crippen MR) is 92.8 cm³/mol. The van der Waals surface area contributed by atoms with E-state index in [0.717, 1.165) is 25.9 Å². The van der Waals surface area contributed by atoms with Crippen molar-refractivity contribution in [3.8, 4) is 0 Å². The minimum Gasteiger partial charge on any atom is -0.342 e. The van der Waals surface area contributed by atoms with E-state index >= 15 is 0 Å². The Hall–Kier alpha value is -1.66. The highest BCUT2D eigenvalue weighted by molar-refractivity contribution is 6.30. The van der Waals surface area contributed by atoms with Gasteiger partial charge in [-0.15, -0.1) is 0 Å². The van der Waals surface area contributed by atoms with Crippen LogP contribution < -0.4 is 10.6 Å². The average Bonchev–Trinajstić information content (AvgIpc) is 2.64. The Bertz CT molecular complexity index is 579. The number of carbonyl (C=O) groups is 2. The SMILES string of the molecule is O=C(Nc1ccc(Cl)cn1)C1CCN(C(=O)C2CCCNC2)CC1. The van der Waals surface area contributed by atoms with E-state index in [0.29, 0.717) is 36.8 Å². The van der Waals surface area contributed by atoms with Crippen molar-refractivity contribution in [3.63, 3.8) is 0 Å². The fraction of sp³-hybridized carbons (Fsp3) is 0.588. The highest BCUT2D eigenvalue weighted by atomic mass is 35.5. The highest BCUT2D eigenvalue weighted by Crippen LogP contribution is 2.22. The number of likely N-dealkylation sites (tertiary alicyclic amines) is 1. The molecule has 0 aromatic carbocycles. The summed E-state index contributed by atoms with van der Waals surface area (Å²) in [6.07, 6.45) is 4.94. The lowest BCUT2D eigenvalue weighted by atomic mass is 9.93. The third-order valence-electron chi connectivity index (χ3n) is 4.80. The minimum absolute atomic E-state index is 0.0312. The van der Waals surface area contributed by atoms with Crippen molar-refractivity contribution < 1.29 is 9.59 Å². The van der Waals surface area contributed by atoms with Crippen molar-refractivity contribution in [1.82, 2.24) is 15.2 Å². The summed E-state index contributed by atoms with van der Waals surface area (Å²) in [6, 6.07) is 3.39. The summed E-state index contributed by atoms with van der Waals surface area (Å²) in [4.78, 5) is 30.8. The maximum atomic E-state index is 12.5. The van der Waals surface area contributed by atoms with Gasteiger partial charge in [-0.3, -0.25) is 9.59 Å². The molecule has 2 amide bonds. The zero-order valence-corrected chi connectivity index (χ0v) is 14.4. The molecule has 0 radical (unpaired) electrons. The minimum atomic E-state index is -0.0731. The molecule has 7 heteroatoms. The molecule has 2 N–H and O–H groups in total. The van der Waals surface area contributed by atoms with Crippen LogP contribution in [0.15, 0.2) is 18.3 Å². The van der Waals surface area contributed by atoms with Gasteiger partial charge in [-0.05, 0) is 44.4 Å². The van der Waals surface area contributed by atoms with Crippen LogP contribution in [0.5, 0.6) is 0 Å². The zero-order chi connectivity index (χ0) is 16.9. The molecular formula is C17H23ClN4O2. The van der Waals surface area contributed by atoms with Crippen LogP contribution in [0.4, 0.5) is 5.82 Å². The molecule has 2 aliphatic rings. The van der Waals surface area contributed by atoms with Gasteiger partial charge in [0.15, 0.2) is 0 Å². The first kappa shape index (κ1) is 17.2. The summed E-state index contributed by atoms with van der Waals surface area (Å²) in [5.74, 6) is 0.742. The summed E-state index contributed by atoms with van der Waals surface area (Å²) in [6.45, 7) is 3.09. The lowest BCUT2D eigenvalue weighted by Crippen LogP contribution is -2.47. The summed E-state index contributed by atoms with van der Waals surface area (Å²) >= 11 is 5.79. The summed E-state index contributed by atoms with van der Waals surface area (Å²) in [7, 11) is 0. The van der Waals surface area contributed by atoms with Gasteiger partial charge >= 0.3 is 0 Å². The normalized spacial score (nSPS) is 22.2. The number of pyridine rings is 1. The maximum Gasteiger partial charge on any atom is 0.228 e. The van der Waals surface area contributed by atoms with Gasteiger partial charge in [-0.2, -0.15) is 0 Å². The molecule has 1 aromatic heterocycles. The molecule has 6 nitrogen and oxygen atoms in total. The first-order valence-corrected chi connectivity index (χ1v) is 8.93. The third kappa shape index (κ3) is 4.24. The Morgan fingerprint density at radius 2 is 2.00 bits per heavy atom. The number of carbonyl (C=O) groups excluding carboxylic acids is 2. The van der Waals surface area contributed by atoms with Crippen molar-refractivity contribution in [2.24, 2.45) is 11.8 Å². The lowest BCUT2D eigenvalue weighted by Gasteiger charge is -2.34. The van der Waals surface area contributed by atoms with Crippen molar-refractivity contribution in [3.05, 3.63) is 23.4 Å². The number of hydrogen-bond acceptors (Lipinski definition) is 4. The first-order chi connectivity index (χ1) is 11.6. The van der Waals surface area contributed by atoms with E-state index in [-0.39, 0.29) is 23.7 Å². The Balaban J connectivity index is 1.48. The molecule has 1 atom stereocenters. The van der Waals surface area contributed by atoms with Gasteiger partial charge in [0.1, 0.15) is 5.82 Å². The molecule has 1 unspecified atom stereocenters. The van der Waals surface area contributed by atoms with E-state index in [9.17, 15) is 9.59 Å². The first-order valence-electron chi connectivity index (χ1n) is 8.55. The number of nitrogens with one attached hydrogen (secondary N) is 2. The van der Waals surface area contributed by atoms with Gasteiger partial charge in [0.25, 0.3) is 0 Å². The van der Waals surface area contributed by atoms with Crippen LogP contribution in [0.1, 0.15) is 25.7 Å². The van der Waals surface area contributed by atoms with E-state index in [1.807, 2.05) is 4.90 Å². The molecular weight excluding hydrogens is 328 g/mol. The van der Waals surface area contributed by atoms with Crippen LogP contribution in [0.2, 0.25) is 5.02 Å². The molecule has 2 fully saturated rings. The molecule has 1 aromatic rings. The molecule has 3 rings (SSSR count). The molecule has 3 heterocycles. The topological polar surface area (TPSA) is 74.3 Å². The van der Waals surface area contributed by atoms with E-state index in [1.54, 1.807) is 12.1 Å². The largest absolute Gasteiger partial charge is 0.342 e. The van der Waals surface area contributed by atoms with Gasteiger partial charge in [0.2, 0.25) is 11.8 Å². The number of nitrogens with zero attached hydrogens (tertiary/aromatic N) is 2. The van der Waals surface area contributed by atoms with Gasteiger partial charge in [0, 0.05) is 31.7 Å². The van der Waals surface area contributed by atoms with Crippen LogP contribution in [0.3, 0.4) is 0 Å². The molecule has 0 spiro atoms. The number of anilines is 1. The molecule has 0 aliphatic carbocycles. The average molecular weight is 351 g/mol. The second-order valence-electron chi connectivity index (χ2n) is 6.49. The summed E-state index contributed by atoms with van der Waals surface area (Å²) < 4.78 is 0. The molecule has 24 heavy (non-hydrogen) atoms. The van der Waals surface area contributed by atoms with Crippen LogP contribution in [-0.4, -0.2) is 47.9 Å². The highest BCUT2D eigenvalue weighted by Gasteiger charge is 2.31. The monoisotopic (exact) mass is 350 g/mol. The molecule has 0 bridgehead atoms.